The normalized spacial score (nSPS) is 23.9. The minimum atomic E-state index is -0.327. The average molecular weight is 279 g/mol. The van der Waals surface area contributed by atoms with Gasteiger partial charge < -0.3 is 9.26 Å². The van der Waals surface area contributed by atoms with E-state index >= 15 is 0 Å². The van der Waals surface area contributed by atoms with Crippen molar-refractivity contribution < 1.29 is 14.1 Å². The van der Waals surface area contributed by atoms with Gasteiger partial charge in [-0.2, -0.15) is 0 Å². The molecule has 1 aliphatic carbocycles. The number of ether oxygens (including phenoxy) is 1. The maximum absolute atomic E-state index is 11.9. The summed E-state index contributed by atoms with van der Waals surface area (Å²) in [6, 6.07) is 0. The Morgan fingerprint density at radius 1 is 1.30 bits per heavy atom. The molecule has 0 atom stereocenters. The van der Waals surface area contributed by atoms with Crippen LogP contribution in [0.3, 0.4) is 0 Å². The molecule has 1 fully saturated rings. The molecular weight excluding hydrogens is 254 g/mol. The number of aryl methyl sites for hydroxylation is 1. The fourth-order valence-electron chi connectivity index (χ4n) is 3.28. The minimum Gasteiger partial charge on any atom is -0.465 e. The topological polar surface area (TPSA) is 52.3 Å². The second kappa shape index (κ2) is 6.91. The van der Waals surface area contributed by atoms with E-state index in [-0.39, 0.29) is 5.97 Å². The zero-order valence-corrected chi connectivity index (χ0v) is 12.8. The standard InChI is InChI=1S/C16H25NO3/c1-4-12-7-5-9-13(10-6-8-12)15-14(16(18)19-3)11(2)17-20-15/h12-13H,4-10H2,1-3H3. The smallest absolute Gasteiger partial charge is 0.343 e. The molecule has 1 heterocycles. The van der Waals surface area contributed by atoms with E-state index in [1.54, 1.807) is 6.92 Å². The van der Waals surface area contributed by atoms with Gasteiger partial charge in [-0.25, -0.2) is 4.79 Å². The Balaban J connectivity index is 2.13. The van der Waals surface area contributed by atoms with E-state index in [0.717, 1.165) is 24.5 Å². The van der Waals surface area contributed by atoms with Crippen LogP contribution in [0.1, 0.15) is 79.6 Å². The number of carbonyl (C=O) groups is 1. The number of rotatable bonds is 3. The number of hydrogen-bond donors (Lipinski definition) is 0. The van der Waals surface area contributed by atoms with Crippen LogP contribution in [-0.2, 0) is 4.74 Å². The highest BCUT2D eigenvalue weighted by Crippen LogP contribution is 2.36. The molecule has 0 radical (unpaired) electrons. The predicted octanol–water partition coefficient (Wildman–Crippen LogP) is 4.23. The van der Waals surface area contributed by atoms with E-state index in [9.17, 15) is 4.79 Å². The first-order valence-corrected chi connectivity index (χ1v) is 7.71. The van der Waals surface area contributed by atoms with Crippen LogP contribution < -0.4 is 0 Å². The van der Waals surface area contributed by atoms with Crippen molar-refractivity contribution in [2.24, 2.45) is 5.92 Å². The highest BCUT2D eigenvalue weighted by atomic mass is 16.5. The van der Waals surface area contributed by atoms with E-state index in [1.807, 2.05) is 0 Å². The third-order valence-corrected chi connectivity index (χ3v) is 4.56. The molecule has 4 nitrogen and oxygen atoms in total. The van der Waals surface area contributed by atoms with Crippen LogP contribution in [0.15, 0.2) is 4.52 Å². The number of hydrogen-bond acceptors (Lipinski definition) is 4. The van der Waals surface area contributed by atoms with Crippen LogP contribution in [0.2, 0.25) is 0 Å². The van der Waals surface area contributed by atoms with Gasteiger partial charge in [-0.05, 0) is 25.7 Å². The fraction of sp³-hybridized carbons (Fsp3) is 0.750. The van der Waals surface area contributed by atoms with Crippen LogP contribution in [0.25, 0.3) is 0 Å². The lowest BCUT2D eigenvalue weighted by atomic mass is 9.83. The van der Waals surface area contributed by atoms with Crippen molar-refractivity contribution in [2.45, 2.75) is 64.7 Å². The quantitative estimate of drug-likeness (QED) is 0.777. The van der Waals surface area contributed by atoms with Gasteiger partial charge in [0, 0.05) is 5.92 Å². The van der Waals surface area contributed by atoms with E-state index < -0.39 is 0 Å². The molecule has 1 aromatic heterocycles. The van der Waals surface area contributed by atoms with Crippen LogP contribution in [0.4, 0.5) is 0 Å². The van der Waals surface area contributed by atoms with Gasteiger partial charge in [0.1, 0.15) is 5.56 Å². The number of aromatic nitrogens is 1. The van der Waals surface area contributed by atoms with Crippen LogP contribution in [-0.4, -0.2) is 18.2 Å². The van der Waals surface area contributed by atoms with Gasteiger partial charge in [0.05, 0.1) is 12.8 Å². The van der Waals surface area contributed by atoms with Crippen molar-refractivity contribution in [3.63, 3.8) is 0 Å². The largest absolute Gasteiger partial charge is 0.465 e. The number of methoxy groups -OCH3 is 1. The molecule has 0 N–H and O–H groups in total. The third kappa shape index (κ3) is 3.22. The zero-order valence-electron chi connectivity index (χ0n) is 12.8. The summed E-state index contributed by atoms with van der Waals surface area (Å²) in [5, 5.41) is 3.97. The van der Waals surface area contributed by atoms with Gasteiger partial charge in [-0.3, -0.25) is 0 Å². The number of carbonyl (C=O) groups excluding carboxylic acids is 1. The molecule has 0 spiro atoms. The van der Waals surface area contributed by atoms with Crippen LogP contribution >= 0.6 is 0 Å². The fourth-order valence-corrected chi connectivity index (χ4v) is 3.28. The first-order chi connectivity index (χ1) is 9.67. The molecule has 2 rings (SSSR count). The SMILES string of the molecule is CCC1CCCC(c2onc(C)c2C(=O)OC)CCC1. The Hall–Kier alpha value is -1.32. The molecule has 1 aromatic rings. The Morgan fingerprint density at radius 3 is 2.50 bits per heavy atom. The van der Waals surface area contributed by atoms with E-state index in [0.29, 0.717) is 17.2 Å². The molecule has 0 amide bonds. The van der Waals surface area contributed by atoms with Crippen molar-refractivity contribution in [2.75, 3.05) is 7.11 Å². The lowest BCUT2D eigenvalue weighted by Crippen LogP contribution is -2.12. The van der Waals surface area contributed by atoms with Crippen LogP contribution in [0, 0.1) is 12.8 Å². The van der Waals surface area contributed by atoms with Gasteiger partial charge in [0.25, 0.3) is 0 Å². The third-order valence-electron chi connectivity index (χ3n) is 4.56. The molecule has 1 saturated carbocycles. The highest BCUT2D eigenvalue weighted by Gasteiger charge is 2.28. The minimum absolute atomic E-state index is 0.308. The molecule has 0 saturated heterocycles. The second-order valence-electron chi connectivity index (χ2n) is 5.83. The first kappa shape index (κ1) is 15.1. The molecule has 0 unspecified atom stereocenters. The van der Waals surface area contributed by atoms with E-state index in [1.165, 1.54) is 39.2 Å². The van der Waals surface area contributed by atoms with Gasteiger partial charge in [0.2, 0.25) is 0 Å². The average Bonchev–Trinajstić information content (AvgIpc) is 2.80. The summed E-state index contributed by atoms with van der Waals surface area (Å²) >= 11 is 0. The summed E-state index contributed by atoms with van der Waals surface area (Å²) in [5.41, 5.74) is 1.19. The molecular formula is C16H25NO3. The Labute approximate surface area is 120 Å². The van der Waals surface area contributed by atoms with Gasteiger partial charge in [0.15, 0.2) is 5.76 Å². The van der Waals surface area contributed by atoms with Crippen molar-refractivity contribution in [1.82, 2.24) is 5.16 Å². The molecule has 0 bridgehead atoms. The van der Waals surface area contributed by atoms with Crippen molar-refractivity contribution in [3.05, 3.63) is 17.0 Å². The second-order valence-corrected chi connectivity index (χ2v) is 5.83. The Morgan fingerprint density at radius 2 is 1.95 bits per heavy atom. The summed E-state index contributed by atoms with van der Waals surface area (Å²) in [6.07, 6.45) is 8.40. The van der Waals surface area contributed by atoms with Gasteiger partial charge in [-0.1, -0.05) is 44.2 Å². The van der Waals surface area contributed by atoms with Crippen molar-refractivity contribution in [3.8, 4) is 0 Å². The summed E-state index contributed by atoms with van der Waals surface area (Å²) in [6.45, 7) is 4.08. The monoisotopic (exact) mass is 279 g/mol. The molecule has 0 aliphatic heterocycles. The van der Waals surface area contributed by atoms with E-state index in [4.69, 9.17) is 9.26 Å². The van der Waals surface area contributed by atoms with Gasteiger partial charge in [-0.15, -0.1) is 0 Å². The lowest BCUT2D eigenvalue weighted by molar-refractivity contribution is 0.0596. The molecule has 20 heavy (non-hydrogen) atoms. The number of esters is 1. The van der Waals surface area contributed by atoms with Crippen molar-refractivity contribution in [1.29, 1.82) is 0 Å². The summed E-state index contributed by atoms with van der Waals surface area (Å²) in [4.78, 5) is 11.9. The van der Waals surface area contributed by atoms with E-state index in [2.05, 4.69) is 12.1 Å². The Kier molecular flexibility index (Phi) is 5.21. The first-order valence-electron chi connectivity index (χ1n) is 7.71. The summed E-state index contributed by atoms with van der Waals surface area (Å²) in [5.74, 6) is 1.59. The van der Waals surface area contributed by atoms with Crippen LogP contribution in [0.5, 0.6) is 0 Å². The molecule has 4 heteroatoms. The predicted molar refractivity (Wildman–Crippen MR) is 76.8 cm³/mol. The Bertz CT molecular complexity index is 443. The molecule has 112 valence electrons. The molecule has 1 aliphatic rings. The zero-order chi connectivity index (χ0) is 14.5. The molecule has 0 aromatic carbocycles. The maximum Gasteiger partial charge on any atom is 0.343 e. The van der Waals surface area contributed by atoms with Crippen molar-refractivity contribution >= 4 is 5.97 Å². The lowest BCUT2D eigenvalue weighted by Gasteiger charge is -2.22. The summed E-state index contributed by atoms with van der Waals surface area (Å²) in [7, 11) is 1.41. The highest BCUT2D eigenvalue weighted by molar-refractivity contribution is 5.91. The van der Waals surface area contributed by atoms with Gasteiger partial charge >= 0.3 is 5.97 Å². The number of nitrogens with zero attached hydrogens (tertiary/aromatic N) is 1. The summed E-state index contributed by atoms with van der Waals surface area (Å²) < 4.78 is 10.3. The maximum atomic E-state index is 11.9.